The van der Waals surface area contributed by atoms with Crippen molar-refractivity contribution in [3.63, 3.8) is 0 Å². The van der Waals surface area contributed by atoms with E-state index in [1.807, 2.05) is 0 Å². The van der Waals surface area contributed by atoms with Crippen LogP contribution in [0.25, 0.3) is 0 Å². The summed E-state index contributed by atoms with van der Waals surface area (Å²) in [6.45, 7) is 2.71. The van der Waals surface area contributed by atoms with Crippen LogP contribution in [0.15, 0.2) is 23.7 Å². The van der Waals surface area contributed by atoms with E-state index in [9.17, 15) is 9.59 Å². The van der Waals surface area contributed by atoms with Crippen LogP contribution in [0.3, 0.4) is 0 Å². The number of rotatable bonds is 2. The third-order valence-corrected chi connectivity index (χ3v) is 1.61. The summed E-state index contributed by atoms with van der Waals surface area (Å²) in [6.07, 6.45) is 4.45. The SMILES string of the molecule is CC(=O)OC1=CCC(OC(C)=O)=CC1. The number of esters is 2. The average molecular weight is 196 g/mol. The van der Waals surface area contributed by atoms with Gasteiger partial charge < -0.3 is 9.47 Å². The second kappa shape index (κ2) is 4.60. The lowest BCUT2D eigenvalue weighted by Gasteiger charge is -2.12. The minimum absolute atomic E-state index is 0.333. The van der Waals surface area contributed by atoms with Gasteiger partial charge in [-0.15, -0.1) is 0 Å². The van der Waals surface area contributed by atoms with Gasteiger partial charge in [0.15, 0.2) is 0 Å². The largest absolute Gasteiger partial charge is 0.431 e. The molecule has 4 nitrogen and oxygen atoms in total. The Bertz CT molecular complexity index is 280. The molecule has 0 aromatic heterocycles. The molecule has 0 unspecified atom stereocenters. The van der Waals surface area contributed by atoms with Crippen molar-refractivity contribution in [1.29, 1.82) is 0 Å². The van der Waals surface area contributed by atoms with E-state index in [0.29, 0.717) is 24.4 Å². The number of allylic oxidation sites excluding steroid dienone is 2. The zero-order chi connectivity index (χ0) is 10.6. The summed E-state index contributed by atoms with van der Waals surface area (Å²) < 4.78 is 9.76. The maximum atomic E-state index is 10.6. The number of hydrogen-bond acceptors (Lipinski definition) is 4. The highest BCUT2D eigenvalue weighted by Gasteiger charge is 2.10. The molecule has 1 rings (SSSR count). The van der Waals surface area contributed by atoms with E-state index >= 15 is 0 Å². The maximum absolute atomic E-state index is 10.6. The maximum Gasteiger partial charge on any atom is 0.307 e. The number of hydrogen-bond donors (Lipinski definition) is 0. The molecule has 0 aliphatic heterocycles. The van der Waals surface area contributed by atoms with E-state index in [4.69, 9.17) is 9.47 Å². The Kier molecular flexibility index (Phi) is 3.45. The first kappa shape index (κ1) is 10.5. The third kappa shape index (κ3) is 3.43. The molecule has 0 atom stereocenters. The molecule has 0 spiro atoms. The van der Waals surface area contributed by atoms with Crippen LogP contribution >= 0.6 is 0 Å². The van der Waals surface area contributed by atoms with Gasteiger partial charge in [-0.05, 0) is 12.2 Å². The molecule has 4 heteroatoms. The summed E-state index contributed by atoms with van der Waals surface area (Å²) >= 11 is 0. The molecule has 0 saturated carbocycles. The summed E-state index contributed by atoms with van der Waals surface area (Å²) in [6, 6.07) is 0. The van der Waals surface area contributed by atoms with Gasteiger partial charge in [-0.3, -0.25) is 9.59 Å². The van der Waals surface area contributed by atoms with Crippen molar-refractivity contribution in [2.45, 2.75) is 26.7 Å². The number of carbonyl (C=O) groups is 2. The zero-order valence-corrected chi connectivity index (χ0v) is 8.20. The highest BCUT2D eigenvalue weighted by atomic mass is 16.5. The molecule has 0 fully saturated rings. The number of carbonyl (C=O) groups excluding carboxylic acids is 2. The van der Waals surface area contributed by atoms with E-state index in [1.165, 1.54) is 13.8 Å². The Morgan fingerprint density at radius 1 is 1.00 bits per heavy atom. The molecule has 1 aliphatic carbocycles. The van der Waals surface area contributed by atoms with E-state index in [0.717, 1.165) is 0 Å². The smallest absolute Gasteiger partial charge is 0.307 e. The monoisotopic (exact) mass is 196 g/mol. The van der Waals surface area contributed by atoms with Crippen LogP contribution < -0.4 is 0 Å². The van der Waals surface area contributed by atoms with Crippen LogP contribution in [-0.2, 0) is 19.1 Å². The van der Waals surface area contributed by atoms with Crippen molar-refractivity contribution in [2.75, 3.05) is 0 Å². The topological polar surface area (TPSA) is 52.6 Å². The van der Waals surface area contributed by atoms with Crippen LogP contribution in [0.4, 0.5) is 0 Å². The summed E-state index contributed by atoms with van der Waals surface area (Å²) in [4.78, 5) is 21.2. The van der Waals surface area contributed by atoms with Gasteiger partial charge in [0.2, 0.25) is 0 Å². The fourth-order valence-electron chi connectivity index (χ4n) is 1.13. The Balaban J connectivity index is 2.44. The molecular weight excluding hydrogens is 184 g/mol. The fraction of sp³-hybridized carbons (Fsp3) is 0.400. The van der Waals surface area contributed by atoms with Gasteiger partial charge in [0.1, 0.15) is 11.5 Å². The van der Waals surface area contributed by atoms with Crippen LogP contribution in [0, 0.1) is 0 Å². The van der Waals surface area contributed by atoms with Gasteiger partial charge in [-0.25, -0.2) is 0 Å². The van der Waals surface area contributed by atoms with E-state index in [-0.39, 0.29) is 11.9 Å². The minimum atomic E-state index is -0.333. The molecule has 0 aromatic rings. The lowest BCUT2D eigenvalue weighted by atomic mass is 10.1. The van der Waals surface area contributed by atoms with Crippen molar-refractivity contribution < 1.29 is 19.1 Å². The lowest BCUT2D eigenvalue weighted by Crippen LogP contribution is -2.05. The first-order valence-corrected chi connectivity index (χ1v) is 4.33. The lowest BCUT2D eigenvalue weighted by molar-refractivity contribution is -0.138. The zero-order valence-electron chi connectivity index (χ0n) is 8.20. The van der Waals surface area contributed by atoms with Crippen LogP contribution in [0.5, 0.6) is 0 Å². The quantitative estimate of drug-likeness (QED) is 0.630. The van der Waals surface area contributed by atoms with Crippen molar-refractivity contribution in [3.8, 4) is 0 Å². The van der Waals surface area contributed by atoms with Gasteiger partial charge >= 0.3 is 11.9 Å². The molecule has 0 heterocycles. The Morgan fingerprint density at radius 2 is 1.36 bits per heavy atom. The molecule has 0 bridgehead atoms. The Morgan fingerprint density at radius 3 is 1.57 bits per heavy atom. The van der Waals surface area contributed by atoms with Crippen molar-refractivity contribution in [3.05, 3.63) is 23.7 Å². The highest BCUT2D eigenvalue weighted by molar-refractivity contribution is 5.68. The molecular formula is C10H12O4. The molecule has 76 valence electrons. The Hall–Kier alpha value is -1.58. The van der Waals surface area contributed by atoms with Crippen molar-refractivity contribution in [2.24, 2.45) is 0 Å². The van der Waals surface area contributed by atoms with Gasteiger partial charge in [-0.1, -0.05) is 0 Å². The molecule has 0 N–H and O–H groups in total. The first-order valence-electron chi connectivity index (χ1n) is 4.33. The molecule has 1 aliphatic rings. The molecule has 0 aromatic carbocycles. The fourth-order valence-corrected chi connectivity index (χ4v) is 1.13. The standard InChI is InChI=1S/C10H12O4/c1-7(11)13-9-3-5-10(6-4-9)14-8(2)12/h3,6H,4-5H2,1-2H3. The summed E-state index contributed by atoms with van der Waals surface area (Å²) in [5, 5.41) is 0. The van der Waals surface area contributed by atoms with Gasteiger partial charge in [-0.2, -0.15) is 0 Å². The molecule has 0 saturated heterocycles. The van der Waals surface area contributed by atoms with Gasteiger partial charge in [0.25, 0.3) is 0 Å². The predicted octanol–water partition coefficient (Wildman–Crippen LogP) is 1.67. The van der Waals surface area contributed by atoms with Crippen LogP contribution in [0.2, 0.25) is 0 Å². The van der Waals surface area contributed by atoms with Crippen LogP contribution in [0.1, 0.15) is 26.7 Å². The highest BCUT2D eigenvalue weighted by Crippen LogP contribution is 2.19. The van der Waals surface area contributed by atoms with Crippen LogP contribution in [-0.4, -0.2) is 11.9 Å². The average Bonchev–Trinajstić information content (AvgIpc) is 2.06. The van der Waals surface area contributed by atoms with Crippen molar-refractivity contribution in [1.82, 2.24) is 0 Å². The van der Waals surface area contributed by atoms with Gasteiger partial charge in [0, 0.05) is 26.7 Å². The van der Waals surface area contributed by atoms with E-state index in [1.54, 1.807) is 12.2 Å². The molecule has 0 radical (unpaired) electrons. The molecule has 0 amide bonds. The second-order valence-corrected chi connectivity index (χ2v) is 2.94. The normalized spacial score (nSPS) is 15.3. The second-order valence-electron chi connectivity index (χ2n) is 2.94. The predicted molar refractivity (Wildman–Crippen MR) is 48.9 cm³/mol. The van der Waals surface area contributed by atoms with Gasteiger partial charge in [0.05, 0.1) is 0 Å². The van der Waals surface area contributed by atoms with Crippen molar-refractivity contribution >= 4 is 11.9 Å². The first-order chi connectivity index (χ1) is 6.58. The van der Waals surface area contributed by atoms with E-state index < -0.39 is 0 Å². The number of ether oxygens (including phenoxy) is 2. The summed E-state index contributed by atoms with van der Waals surface area (Å²) in [7, 11) is 0. The molecule has 14 heavy (non-hydrogen) atoms. The van der Waals surface area contributed by atoms with E-state index in [2.05, 4.69) is 0 Å². The summed E-state index contributed by atoms with van der Waals surface area (Å²) in [5.74, 6) is 0.544. The summed E-state index contributed by atoms with van der Waals surface area (Å²) in [5.41, 5.74) is 0. The minimum Gasteiger partial charge on any atom is -0.431 e. The third-order valence-electron chi connectivity index (χ3n) is 1.61. The Labute approximate surface area is 82.2 Å².